The molecular weight excluding hydrogens is 481 g/mol. The summed E-state index contributed by atoms with van der Waals surface area (Å²) in [5, 5.41) is 7.95. The molecule has 2 heterocycles. The van der Waals surface area contributed by atoms with Crippen molar-refractivity contribution < 1.29 is 13.9 Å². The first kappa shape index (κ1) is 24.2. The minimum Gasteiger partial charge on any atom is -0.438 e. The molecule has 0 spiro atoms. The van der Waals surface area contributed by atoms with E-state index in [4.69, 9.17) is 4.74 Å². The molecule has 194 valence electrons. The number of carbonyl (C=O) groups is 1. The molecule has 2 fully saturated rings. The maximum absolute atomic E-state index is 14.5. The number of piperidine rings is 1. The second-order valence-corrected chi connectivity index (χ2v) is 9.95. The quantitative estimate of drug-likeness (QED) is 0.285. The molecule has 1 aromatic heterocycles. The zero-order valence-corrected chi connectivity index (χ0v) is 21.1. The molecule has 1 aliphatic carbocycles. The van der Waals surface area contributed by atoms with Crippen LogP contribution in [0, 0.1) is 5.82 Å². The number of carbonyl (C=O) groups excluding carboxylic acids is 1. The van der Waals surface area contributed by atoms with Gasteiger partial charge in [0.2, 0.25) is 11.8 Å². The van der Waals surface area contributed by atoms with Crippen LogP contribution in [0.2, 0.25) is 0 Å². The molecule has 3 aromatic carbocycles. The predicted molar refractivity (Wildman–Crippen MR) is 148 cm³/mol. The van der Waals surface area contributed by atoms with Crippen molar-refractivity contribution in [1.29, 1.82) is 0 Å². The molecule has 0 radical (unpaired) electrons. The first-order valence-electron chi connectivity index (χ1n) is 13.3. The van der Waals surface area contributed by atoms with E-state index in [-0.39, 0.29) is 5.91 Å². The number of anilines is 3. The Morgan fingerprint density at radius 1 is 0.947 bits per heavy atom. The number of halogens is 1. The van der Waals surface area contributed by atoms with Crippen LogP contribution in [0.3, 0.4) is 0 Å². The molecule has 6 rings (SSSR count). The van der Waals surface area contributed by atoms with Crippen LogP contribution in [-0.4, -0.2) is 35.0 Å². The Labute approximate surface area is 221 Å². The third kappa shape index (κ3) is 5.25. The monoisotopic (exact) mass is 511 g/mol. The molecular formula is C30H30FN5O2. The van der Waals surface area contributed by atoms with E-state index in [2.05, 4.69) is 25.5 Å². The van der Waals surface area contributed by atoms with Gasteiger partial charge in [-0.1, -0.05) is 24.3 Å². The van der Waals surface area contributed by atoms with E-state index in [1.165, 1.54) is 25.0 Å². The molecule has 1 amide bonds. The number of rotatable bonds is 7. The van der Waals surface area contributed by atoms with Gasteiger partial charge in [-0.25, -0.2) is 9.37 Å². The predicted octanol–water partition coefficient (Wildman–Crippen LogP) is 6.77. The second kappa shape index (κ2) is 10.7. The fraction of sp³-hybridized carbons (Fsp3) is 0.300. The summed E-state index contributed by atoms with van der Waals surface area (Å²) in [6, 6.07) is 18.0. The first-order chi connectivity index (χ1) is 18.6. The number of nitrogens with one attached hydrogen (secondary N) is 2. The van der Waals surface area contributed by atoms with Gasteiger partial charge in [-0.2, -0.15) is 4.98 Å². The van der Waals surface area contributed by atoms with E-state index in [0.29, 0.717) is 34.9 Å². The van der Waals surface area contributed by atoms with Gasteiger partial charge in [-0.15, -0.1) is 0 Å². The van der Waals surface area contributed by atoms with E-state index in [0.717, 1.165) is 55.2 Å². The Hall–Kier alpha value is -4.20. The normalized spacial score (nSPS) is 15.7. The third-order valence-corrected chi connectivity index (χ3v) is 7.28. The average Bonchev–Trinajstić information content (AvgIpc) is 2.92. The van der Waals surface area contributed by atoms with E-state index in [1.807, 2.05) is 30.3 Å². The smallest absolute Gasteiger partial charge is 0.255 e. The van der Waals surface area contributed by atoms with Crippen molar-refractivity contribution in [3.05, 3.63) is 78.2 Å². The molecule has 38 heavy (non-hydrogen) atoms. The van der Waals surface area contributed by atoms with Crippen LogP contribution < -0.4 is 20.3 Å². The van der Waals surface area contributed by atoms with Crippen molar-refractivity contribution >= 4 is 34.0 Å². The van der Waals surface area contributed by atoms with Crippen LogP contribution in [0.25, 0.3) is 10.8 Å². The summed E-state index contributed by atoms with van der Waals surface area (Å²) in [5.74, 6) is 0.838. The zero-order chi connectivity index (χ0) is 25.9. The maximum Gasteiger partial charge on any atom is 0.255 e. The molecule has 8 heteroatoms. The van der Waals surface area contributed by atoms with Gasteiger partial charge >= 0.3 is 0 Å². The van der Waals surface area contributed by atoms with E-state index >= 15 is 0 Å². The summed E-state index contributed by atoms with van der Waals surface area (Å²) in [6.45, 7) is 1.75. The maximum atomic E-state index is 14.5. The van der Waals surface area contributed by atoms with Crippen molar-refractivity contribution in [1.82, 2.24) is 9.97 Å². The van der Waals surface area contributed by atoms with Crippen molar-refractivity contribution in [3.63, 3.8) is 0 Å². The standard InChI is InChI=1S/C30H30FN5O2/c31-21-17-20(18-23(19-21)36-15-4-1-5-16-36)29(37)34-26-11-12-27(25-10-3-2-9-24(25)26)38-28-13-14-32-30(35-28)33-22-7-6-8-22/h2-3,9-14,17-19,22H,1,4-8,15-16H2,(H,34,37)(H,32,33,35). The van der Waals surface area contributed by atoms with Gasteiger partial charge in [0, 0.05) is 59.1 Å². The Kier molecular flexibility index (Phi) is 6.77. The minimum atomic E-state index is -0.414. The summed E-state index contributed by atoms with van der Waals surface area (Å²) in [7, 11) is 0. The Balaban J connectivity index is 1.24. The first-order valence-corrected chi connectivity index (χ1v) is 13.3. The molecule has 2 aliphatic rings. The molecule has 0 bridgehead atoms. The zero-order valence-electron chi connectivity index (χ0n) is 21.1. The largest absolute Gasteiger partial charge is 0.438 e. The summed E-state index contributed by atoms with van der Waals surface area (Å²) in [5.41, 5.74) is 1.67. The molecule has 2 N–H and O–H groups in total. The molecule has 4 aromatic rings. The van der Waals surface area contributed by atoms with Crippen molar-refractivity contribution in [2.75, 3.05) is 28.6 Å². The van der Waals surface area contributed by atoms with Crippen LogP contribution in [-0.2, 0) is 0 Å². The summed E-state index contributed by atoms with van der Waals surface area (Å²) in [6.07, 6.45) is 8.49. The Morgan fingerprint density at radius 3 is 2.55 bits per heavy atom. The number of aromatic nitrogens is 2. The van der Waals surface area contributed by atoms with E-state index < -0.39 is 5.82 Å². The molecule has 1 saturated heterocycles. The molecule has 0 unspecified atom stereocenters. The molecule has 0 atom stereocenters. The number of ether oxygens (including phenoxy) is 1. The number of hydrogen-bond acceptors (Lipinski definition) is 6. The van der Waals surface area contributed by atoms with Crippen molar-refractivity contribution in [2.45, 2.75) is 44.6 Å². The molecule has 1 aliphatic heterocycles. The summed E-state index contributed by atoms with van der Waals surface area (Å²) >= 11 is 0. The Morgan fingerprint density at radius 2 is 1.76 bits per heavy atom. The van der Waals surface area contributed by atoms with E-state index in [1.54, 1.807) is 24.4 Å². The fourth-order valence-electron chi connectivity index (χ4n) is 5.02. The highest BCUT2D eigenvalue weighted by Crippen LogP contribution is 2.35. The third-order valence-electron chi connectivity index (χ3n) is 7.28. The lowest BCUT2D eigenvalue weighted by molar-refractivity contribution is 0.102. The van der Waals surface area contributed by atoms with Gasteiger partial charge in [-0.3, -0.25) is 4.79 Å². The molecule has 7 nitrogen and oxygen atoms in total. The van der Waals surface area contributed by atoms with Crippen LogP contribution >= 0.6 is 0 Å². The van der Waals surface area contributed by atoms with Crippen LogP contribution in [0.4, 0.5) is 21.7 Å². The van der Waals surface area contributed by atoms with Gasteiger partial charge < -0.3 is 20.3 Å². The van der Waals surface area contributed by atoms with Gasteiger partial charge in [0.1, 0.15) is 11.6 Å². The second-order valence-electron chi connectivity index (χ2n) is 9.95. The number of benzene rings is 3. The lowest BCUT2D eigenvalue weighted by Gasteiger charge is -2.29. The van der Waals surface area contributed by atoms with Gasteiger partial charge in [0.05, 0.1) is 0 Å². The SMILES string of the molecule is O=C(Nc1ccc(Oc2ccnc(NC3CCC3)n2)c2ccccc12)c1cc(F)cc(N2CCCCC2)c1. The number of nitrogens with zero attached hydrogens (tertiary/aromatic N) is 3. The van der Waals surface area contributed by atoms with E-state index in [9.17, 15) is 9.18 Å². The van der Waals surface area contributed by atoms with Gasteiger partial charge in [0.15, 0.2) is 0 Å². The highest BCUT2D eigenvalue weighted by Gasteiger charge is 2.19. The highest BCUT2D eigenvalue weighted by molar-refractivity contribution is 6.10. The summed E-state index contributed by atoms with van der Waals surface area (Å²) < 4.78 is 20.6. The topological polar surface area (TPSA) is 79.4 Å². The lowest BCUT2D eigenvalue weighted by atomic mass is 9.93. The van der Waals surface area contributed by atoms with Crippen LogP contribution in [0.15, 0.2) is 66.9 Å². The number of hydrogen-bond donors (Lipinski definition) is 2. The number of amides is 1. The minimum absolute atomic E-state index is 0.294. The molecule has 1 saturated carbocycles. The van der Waals surface area contributed by atoms with Gasteiger partial charge in [-0.05, 0) is 68.9 Å². The fourth-order valence-corrected chi connectivity index (χ4v) is 5.02. The van der Waals surface area contributed by atoms with Gasteiger partial charge in [0.25, 0.3) is 5.91 Å². The highest BCUT2D eigenvalue weighted by atomic mass is 19.1. The lowest BCUT2D eigenvalue weighted by Crippen LogP contribution is -2.29. The average molecular weight is 512 g/mol. The van der Waals surface area contributed by atoms with Crippen LogP contribution in [0.5, 0.6) is 11.6 Å². The number of fused-ring (bicyclic) bond motifs is 1. The van der Waals surface area contributed by atoms with Crippen LogP contribution in [0.1, 0.15) is 48.9 Å². The van der Waals surface area contributed by atoms with Crippen molar-refractivity contribution in [2.24, 2.45) is 0 Å². The summed E-state index contributed by atoms with van der Waals surface area (Å²) in [4.78, 5) is 24.2. The Bertz CT molecular complexity index is 1470. The van der Waals surface area contributed by atoms with Crippen molar-refractivity contribution in [3.8, 4) is 11.6 Å².